The van der Waals surface area contributed by atoms with Gasteiger partial charge >= 0.3 is 0 Å². The van der Waals surface area contributed by atoms with Gasteiger partial charge in [-0.15, -0.1) is 23.4 Å². The Bertz CT molecular complexity index is 438. The lowest BCUT2D eigenvalue weighted by Crippen LogP contribution is -2.42. The minimum atomic E-state index is 0.0342. The van der Waals surface area contributed by atoms with Crippen molar-refractivity contribution < 1.29 is 4.79 Å². The molecule has 1 aliphatic carbocycles. The summed E-state index contributed by atoms with van der Waals surface area (Å²) in [7, 11) is 0. The summed E-state index contributed by atoms with van der Waals surface area (Å²) in [6.45, 7) is 0. The Morgan fingerprint density at radius 1 is 1.37 bits per heavy atom. The highest BCUT2D eigenvalue weighted by atomic mass is 35.5. The number of halogens is 1. The van der Waals surface area contributed by atoms with Crippen LogP contribution in [0.25, 0.3) is 0 Å². The smallest absolute Gasteiger partial charge is 0.252 e. The standard InChI is InChI=1S/C15H20ClNOS/c1-19-14-9-5-3-7-12(14)15(18)17-13-8-4-2-6-11(13)10-16/h3,5,7,9,11,13H,2,4,6,8,10H2,1H3,(H,17,18). The third-order valence-corrected chi connectivity index (χ3v) is 4.97. The zero-order valence-corrected chi connectivity index (χ0v) is 12.8. The van der Waals surface area contributed by atoms with Gasteiger partial charge in [0.2, 0.25) is 0 Å². The SMILES string of the molecule is CSc1ccccc1C(=O)NC1CCCCC1CCl. The Morgan fingerprint density at radius 3 is 2.84 bits per heavy atom. The van der Waals surface area contributed by atoms with Crippen molar-refractivity contribution in [1.29, 1.82) is 0 Å². The molecule has 1 aromatic rings. The van der Waals surface area contributed by atoms with Crippen molar-refractivity contribution in [2.75, 3.05) is 12.1 Å². The maximum absolute atomic E-state index is 12.4. The quantitative estimate of drug-likeness (QED) is 0.674. The van der Waals surface area contributed by atoms with Crippen molar-refractivity contribution in [1.82, 2.24) is 5.32 Å². The molecule has 4 heteroatoms. The highest BCUT2D eigenvalue weighted by Crippen LogP contribution is 2.26. The first-order chi connectivity index (χ1) is 9.26. The summed E-state index contributed by atoms with van der Waals surface area (Å²) in [6.07, 6.45) is 6.57. The van der Waals surface area contributed by atoms with E-state index in [0.717, 1.165) is 23.3 Å². The lowest BCUT2D eigenvalue weighted by atomic mass is 9.85. The molecular weight excluding hydrogens is 278 g/mol. The molecule has 104 valence electrons. The molecule has 0 bridgehead atoms. The van der Waals surface area contributed by atoms with Gasteiger partial charge in [-0.1, -0.05) is 25.0 Å². The van der Waals surface area contributed by atoms with Crippen molar-refractivity contribution in [3.63, 3.8) is 0 Å². The Balaban J connectivity index is 2.07. The number of benzene rings is 1. The van der Waals surface area contributed by atoms with Gasteiger partial charge in [0.1, 0.15) is 0 Å². The fourth-order valence-electron chi connectivity index (χ4n) is 2.66. The van der Waals surface area contributed by atoms with Crippen molar-refractivity contribution in [3.05, 3.63) is 29.8 Å². The molecule has 0 spiro atoms. The number of amides is 1. The summed E-state index contributed by atoms with van der Waals surface area (Å²) in [4.78, 5) is 13.4. The molecule has 19 heavy (non-hydrogen) atoms. The number of carbonyl (C=O) groups is 1. The van der Waals surface area contributed by atoms with Crippen LogP contribution >= 0.6 is 23.4 Å². The van der Waals surface area contributed by atoms with Crippen LogP contribution < -0.4 is 5.32 Å². The van der Waals surface area contributed by atoms with Crippen molar-refractivity contribution in [3.8, 4) is 0 Å². The average Bonchev–Trinajstić information content (AvgIpc) is 2.47. The fraction of sp³-hybridized carbons (Fsp3) is 0.533. The number of thioether (sulfide) groups is 1. The summed E-state index contributed by atoms with van der Waals surface area (Å²) >= 11 is 7.61. The largest absolute Gasteiger partial charge is 0.349 e. The molecule has 2 atom stereocenters. The van der Waals surface area contributed by atoms with E-state index in [4.69, 9.17) is 11.6 Å². The van der Waals surface area contributed by atoms with Gasteiger partial charge < -0.3 is 5.32 Å². The Kier molecular flexibility index (Phi) is 5.59. The van der Waals surface area contributed by atoms with E-state index >= 15 is 0 Å². The number of nitrogens with one attached hydrogen (secondary N) is 1. The lowest BCUT2D eigenvalue weighted by Gasteiger charge is -2.31. The normalized spacial score (nSPS) is 23.1. The summed E-state index contributed by atoms with van der Waals surface area (Å²) < 4.78 is 0. The van der Waals surface area contributed by atoms with E-state index in [9.17, 15) is 4.79 Å². The lowest BCUT2D eigenvalue weighted by molar-refractivity contribution is 0.0908. The van der Waals surface area contributed by atoms with Crippen LogP contribution in [0.2, 0.25) is 0 Å². The zero-order chi connectivity index (χ0) is 13.7. The number of carbonyl (C=O) groups excluding carboxylic acids is 1. The van der Waals surface area contributed by atoms with E-state index in [1.165, 1.54) is 12.8 Å². The maximum atomic E-state index is 12.4. The molecule has 1 aromatic carbocycles. The van der Waals surface area contributed by atoms with Crippen molar-refractivity contribution in [2.24, 2.45) is 5.92 Å². The second kappa shape index (κ2) is 7.20. The van der Waals surface area contributed by atoms with Crippen LogP contribution in [0, 0.1) is 5.92 Å². The predicted octanol–water partition coefficient (Wildman–Crippen LogP) is 3.94. The number of hydrogen-bond acceptors (Lipinski definition) is 2. The number of rotatable bonds is 4. The molecule has 0 saturated heterocycles. The van der Waals surface area contributed by atoms with E-state index in [1.54, 1.807) is 11.8 Å². The molecule has 1 fully saturated rings. The minimum Gasteiger partial charge on any atom is -0.349 e. The third-order valence-electron chi connectivity index (χ3n) is 3.78. The molecule has 1 saturated carbocycles. The summed E-state index contributed by atoms with van der Waals surface area (Å²) in [6, 6.07) is 7.98. The second-order valence-electron chi connectivity index (χ2n) is 4.98. The van der Waals surface area contributed by atoms with Crippen LogP contribution in [0.3, 0.4) is 0 Å². The van der Waals surface area contributed by atoms with Crippen LogP contribution in [-0.2, 0) is 0 Å². The molecule has 1 amide bonds. The molecular formula is C15H20ClNOS. The summed E-state index contributed by atoms with van der Waals surface area (Å²) in [5.41, 5.74) is 0.772. The van der Waals surface area contributed by atoms with Gasteiger partial charge in [-0.05, 0) is 37.1 Å². The Morgan fingerprint density at radius 2 is 2.11 bits per heavy atom. The molecule has 2 nitrogen and oxygen atoms in total. The van der Waals surface area contributed by atoms with Gasteiger partial charge in [-0.2, -0.15) is 0 Å². The van der Waals surface area contributed by atoms with Gasteiger partial charge in [-0.3, -0.25) is 4.79 Å². The topological polar surface area (TPSA) is 29.1 Å². The second-order valence-corrected chi connectivity index (χ2v) is 6.14. The first-order valence-corrected chi connectivity index (χ1v) is 8.52. The fourth-order valence-corrected chi connectivity index (χ4v) is 3.63. The number of hydrogen-bond donors (Lipinski definition) is 1. The van der Waals surface area contributed by atoms with Gasteiger partial charge in [0.15, 0.2) is 0 Å². The Labute approximate surface area is 124 Å². The third kappa shape index (κ3) is 3.67. The monoisotopic (exact) mass is 297 g/mol. The van der Waals surface area contributed by atoms with Crippen LogP contribution in [0.15, 0.2) is 29.2 Å². The highest BCUT2D eigenvalue weighted by Gasteiger charge is 2.26. The molecule has 0 aliphatic heterocycles. The first-order valence-electron chi connectivity index (χ1n) is 6.76. The first kappa shape index (κ1) is 14.7. The van der Waals surface area contributed by atoms with E-state index < -0.39 is 0 Å². The van der Waals surface area contributed by atoms with E-state index in [1.807, 2.05) is 30.5 Å². The van der Waals surface area contributed by atoms with Crippen LogP contribution in [0.4, 0.5) is 0 Å². The molecule has 2 rings (SSSR count). The summed E-state index contributed by atoms with van der Waals surface area (Å²) in [5.74, 6) is 1.09. The van der Waals surface area contributed by atoms with Gasteiger partial charge in [0.25, 0.3) is 5.91 Å². The Hall–Kier alpha value is -0.670. The molecule has 2 unspecified atom stereocenters. The van der Waals surface area contributed by atoms with E-state index in [-0.39, 0.29) is 11.9 Å². The van der Waals surface area contributed by atoms with Crippen LogP contribution in [-0.4, -0.2) is 24.1 Å². The molecule has 0 heterocycles. The van der Waals surface area contributed by atoms with Gasteiger partial charge in [0.05, 0.1) is 5.56 Å². The molecule has 1 N–H and O–H groups in total. The molecule has 0 aromatic heterocycles. The van der Waals surface area contributed by atoms with E-state index in [2.05, 4.69) is 5.32 Å². The molecule has 0 radical (unpaired) electrons. The predicted molar refractivity (Wildman–Crippen MR) is 82.2 cm³/mol. The maximum Gasteiger partial charge on any atom is 0.252 e. The van der Waals surface area contributed by atoms with Gasteiger partial charge in [-0.25, -0.2) is 0 Å². The minimum absolute atomic E-state index is 0.0342. The average molecular weight is 298 g/mol. The van der Waals surface area contributed by atoms with Crippen molar-refractivity contribution in [2.45, 2.75) is 36.6 Å². The van der Waals surface area contributed by atoms with Crippen LogP contribution in [0.5, 0.6) is 0 Å². The van der Waals surface area contributed by atoms with Gasteiger partial charge in [0, 0.05) is 16.8 Å². The summed E-state index contributed by atoms with van der Waals surface area (Å²) in [5, 5.41) is 3.17. The number of alkyl halides is 1. The van der Waals surface area contributed by atoms with E-state index in [0.29, 0.717) is 11.8 Å². The zero-order valence-electron chi connectivity index (χ0n) is 11.2. The highest BCUT2D eigenvalue weighted by molar-refractivity contribution is 7.98. The molecule has 1 aliphatic rings. The van der Waals surface area contributed by atoms with Crippen molar-refractivity contribution >= 4 is 29.3 Å². The van der Waals surface area contributed by atoms with Crippen LogP contribution in [0.1, 0.15) is 36.0 Å².